The molecule has 0 saturated heterocycles. The van der Waals surface area contributed by atoms with Crippen LogP contribution in [0.25, 0.3) is 0 Å². The van der Waals surface area contributed by atoms with Gasteiger partial charge in [-0.3, -0.25) is 15.2 Å². The van der Waals surface area contributed by atoms with Crippen LogP contribution in [-0.4, -0.2) is 46.1 Å². The zero-order chi connectivity index (χ0) is 12.0. The molecule has 0 radical (unpaired) electrons. The smallest absolute Gasteiger partial charge is 0.236 e. The molecule has 1 aromatic rings. The van der Waals surface area contributed by atoms with Crippen molar-refractivity contribution in [3.8, 4) is 12.3 Å². The van der Waals surface area contributed by atoms with E-state index in [2.05, 4.69) is 26.4 Å². The lowest BCUT2D eigenvalue weighted by atomic mass is 10.4. The maximum Gasteiger partial charge on any atom is 0.236 e. The first-order chi connectivity index (χ1) is 7.63. The Labute approximate surface area is 94.4 Å². The number of amides is 1. The first kappa shape index (κ1) is 12.2. The molecule has 0 saturated carbocycles. The highest BCUT2D eigenvalue weighted by Crippen LogP contribution is 1.96. The first-order valence-corrected chi connectivity index (χ1v) is 4.89. The molecule has 0 aliphatic heterocycles. The summed E-state index contributed by atoms with van der Waals surface area (Å²) in [5, 5.41) is 9.51. The molecule has 6 nitrogen and oxygen atoms in total. The molecule has 0 bridgehead atoms. The van der Waals surface area contributed by atoms with Crippen molar-refractivity contribution in [1.82, 2.24) is 25.4 Å². The zero-order valence-corrected chi connectivity index (χ0v) is 9.45. The third-order valence-electron chi connectivity index (χ3n) is 1.95. The second kappa shape index (κ2) is 5.88. The molecule has 0 spiro atoms. The highest BCUT2D eigenvalue weighted by Gasteiger charge is 2.10. The number of hydrogen-bond acceptors (Lipinski definition) is 4. The summed E-state index contributed by atoms with van der Waals surface area (Å²) in [6, 6.07) is 0. The molecule has 0 atom stereocenters. The number of aryl methyl sites for hydroxylation is 1. The lowest BCUT2D eigenvalue weighted by Gasteiger charge is -2.14. The van der Waals surface area contributed by atoms with E-state index < -0.39 is 0 Å². The van der Waals surface area contributed by atoms with Crippen LogP contribution >= 0.6 is 0 Å². The third kappa shape index (κ3) is 3.71. The van der Waals surface area contributed by atoms with Crippen molar-refractivity contribution >= 4 is 5.91 Å². The lowest BCUT2D eigenvalue weighted by molar-refractivity contribution is -0.129. The van der Waals surface area contributed by atoms with Crippen molar-refractivity contribution in [3.05, 3.63) is 11.6 Å². The zero-order valence-electron chi connectivity index (χ0n) is 9.45. The van der Waals surface area contributed by atoms with Crippen LogP contribution < -0.4 is 5.32 Å². The predicted molar refractivity (Wildman–Crippen MR) is 59.3 cm³/mol. The molecule has 1 aromatic heterocycles. The summed E-state index contributed by atoms with van der Waals surface area (Å²) in [5.74, 6) is 3.70. The molecule has 16 heavy (non-hydrogen) atoms. The van der Waals surface area contributed by atoms with Crippen LogP contribution in [0.4, 0.5) is 0 Å². The molecule has 0 aliphatic rings. The first-order valence-electron chi connectivity index (χ1n) is 4.89. The number of terminal acetylenes is 1. The minimum atomic E-state index is -0.0438. The number of H-pyrrole nitrogens is 1. The Bertz CT molecular complexity index is 392. The predicted octanol–water partition coefficient (Wildman–Crippen LogP) is -0.706. The molecule has 1 amide bonds. The summed E-state index contributed by atoms with van der Waals surface area (Å²) in [6.45, 7) is 2.82. The van der Waals surface area contributed by atoms with E-state index in [1.807, 2.05) is 6.92 Å². The second-order valence-corrected chi connectivity index (χ2v) is 3.39. The van der Waals surface area contributed by atoms with Gasteiger partial charge in [0.15, 0.2) is 5.82 Å². The van der Waals surface area contributed by atoms with Crippen molar-refractivity contribution in [2.45, 2.75) is 13.5 Å². The summed E-state index contributed by atoms with van der Waals surface area (Å²) in [6.07, 6.45) is 5.06. The van der Waals surface area contributed by atoms with Crippen molar-refractivity contribution in [2.75, 3.05) is 20.1 Å². The number of nitrogens with zero attached hydrogens (tertiary/aromatic N) is 3. The fourth-order valence-electron chi connectivity index (χ4n) is 1.14. The Morgan fingerprint density at radius 2 is 2.44 bits per heavy atom. The highest BCUT2D eigenvalue weighted by atomic mass is 16.2. The molecule has 0 aromatic carbocycles. The minimum Gasteiger partial charge on any atom is -0.337 e. The number of carbonyl (C=O) groups excluding carboxylic acids is 1. The molecule has 2 N–H and O–H groups in total. The minimum absolute atomic E-state index is 0.0438. The van der Waals surface area contributed by atoms with Crippen molar-refractivity contribution < 1.29 is 4.79 Å². The Morgan fingerprint density at radius 1 is 1.69 bits per heavy atom. The largest absolute Gasteiger partial charge is 0.337 e. The monoisotopic (exact) mass is 221 g/mol. The summed E-state index contributed by atoms with van der Waals surface area (Å²) < 4.78 is 0. The fraction of sp³-hybridized carbons (Fsp3) is 0.500. The number of nitrogens with one attached hydrogen (secondary N) is 2. The molecule has 0 fully saturated rings. The number of carbonyl (C=O) groups is 1. The Morgan fingerprint density at radius 3 is 3.00 bits per heavy atom. The molecule has 1 rings (SSSR count). The van der Waals surface area contributed by atoms with E-state index in [0.717, 1.165) is 5.82 Å². The van der Waals surface area contributed by atoms with Crippen LogP contribution in [-0.2, 0) is 11.3 Å². The Balaban J connectivity index is 2.37. The maximum absolute atomic E-state index is 11.6. The van der Waals surface area contributed by atoms with E-state index in [9.17, 15) is 4.79 Å². The molecular weight excluding hydrogens is 206 g/mol. The number of likely N-dealkylation sites (N-methyl/N-ethyl adjacent to an activating group) is 1. The molecule has 86 valence electrons. The van der Waals surface area contributed by atoms with Crippen molar-refractivity contribution in [2.24, 2.45) is 0 Å². The Kier molecular flexibility index (Phi) is 4.48. The van der Waals surface area contributed by atoms with Gasteiger partial charge in [0, 0.05) is 7.05 Å². The van der Waals surface area contributed by atoms with Gasteiger partial charge in [-0.15, -0.1) is 6.42 Å². The van der Waals surface area contributed by atoms with Crippen LogP contribution in [0.5, 0.6) is 0 Å². The summed E-state index contributed by atoms with van der Waals surface area (Å²) >= 11 is 0. The molecule has 1 heterocycles. The second-order valence-electron chi connectivity index (χ2n) is 3.39. The van der Waals surface area contributed by atoms with Gasteiger partial charge in [0.25, 0.3) is 0 Å². The number of rotatable bonds is 5. The van der Waals surface area contributed by atoms with Gasteiger partial charge >= 0.3 is 0 Å². The van der Waals surface area contributed by atoms with Gasteiger partial charge in [-0.25, -0.2) is 4.98 Å². The van der Waals surface area contributed by atoms with Gasteiger partial charge in [0.05, 0.1) is 19.6 Å². The summed E-state index contributed by atoms with van der Waals surface area (Å²) in [5.41, 5.74) is 0. The SMILES string of the molecule is C#CCNCC(=O)N(C)Cc1n[nH]c(C)n1. The van der Waals surface area contributed by atoms with E-state index in [0.29, 0.717) is 18.9 Å². The van der Waals surface area contributed by atoms with Crippen LogP contribution in [0.15, 0.2) is 0 Å². The van der Waals surface area contributed by atoms with Gasteiger partial charge < -0.3 is 4.90 Å². The van der Waals surface area contributed by atoms with E-state index in [1.54, 1.807) is 11.9 Å². The van der Waals surface area contributed by atoms with Gasteiger partial charge in [-0.2, -0.15) is 5.10 Å². The third-order valence-corrected chi connectivity index (χ3v) is 1.95. The summed E-state index contributed by atoms with van der Waals surface area (Å²) in [4.78, 5) is 17.2. The highest BCUT2D eigenvalue weighted by molar-refractivity contribution is 5.77. The molecule has 6 heteroatoms. The van der Waals surface area contributed by atoms with E-state index in [4.69, 9.17) is 6.42 Å². The molecule has 0 unspecified atom stereocenters. The number of hydrogen-bond donors (Lipinski definition) is 2. The van der Waals surface area contributed by atoms with E-state index in [1.165, 1.54) is 0 Å². The Hall–Kier alpha value is -1.87. The average molecular weight is 221 g/mol. The number of aromatic amines is 1. The maximum atomic E-state index is 11.6. The van der Waals surface area contributed by atoms with Crippen LogP contribution in [0.1, 0.15) is 11.6 Å². The van der Waals surface area contributed by atoms with Gasteiger partial charge in [-0.05, 0) is 6.92 Å². The lowest BCUT2D eigenvalue weighted by Crippen LogP contribution is -2.35. The van der Waals surface area contributed by atoms with E-state index in [-0.39, 0.29) is 12.5 Å². The summed E-state index contributed by atoms with van der Waals surface area (Å²) in [7, 11) is 1.70. The van der Waals surface area contributed by atoms with Crippen LogP contribution in [0.2, 0.25) is 0 Å². The quantitative estimate of drug-likeness (QED) is 0.509. The van der Waals surface area contributed by atoms with Crippen molar-refractivity contribution in [3.63, 3.8) is 0 Å². The average Bonchev–Trinajstić information content (AvgIpc) is 2.64. The number of aromatic nitrogens is 3. The van der Waals surface area contributed by atoms with Gasteiger partial charge in [0.1, 0.15) is 5.82 Å². The molecule has 0 aliphatic carbocycles. The fourth-order valence-corrected chi connectivity index (χ4v) is 1.14. The molecular formula is C10H15N5O. The standard InChI is InChI=1S/C10H15N5O/c1-4-5-11-6-10(16)15(3)7-9-12-8(2)13-14-9/h1,11H,5-7H2,2-3H3,(H,12,13,14). The van der Waals surface area contributed by atoms with E-state index >= 15 is 0 Å². The van der Waals surface area contributed by atoms with Gasteiger partial charge in [0.2, 0.25) is 5.91 Å². The normalized spacial score (nSPS) is 9.81. The van der Waals surface area contributed by atoms with Crippen molar-refractivity contribution in [1.29, 1.82) is 0 Å². The van der Waals surface area contributed by atoms with Crippen LogP contribution in [0.3, 0.4) is 0 Å². The van der Waals surface area contributed by atoms with Gasteiger partial charge in [-0.1, -0.05) is 5.92 Å². The topological polar surface area (TPSA) is 73.9 Å². The van der Waals surface area contributed by atoms with Crippen LogP contribution in [0, 0.1) is 19.3 Å².